The summed E-state index contributed by atoms with van der Waals surface area (Å²) in [5.74, 6) is -1.60. The number of morpholine rings is 1. The predicted octanol–water partition coefficient (Wildman–Crippen LogP) is 2.90. The van der Waals surface area contributed by atoms with Crippen LogP contribution >= 0.6 is 0 Å². The van der Waals surface area contributed by atoms with E-state index in [2.05, 4.69) is 0 Å². The minimum Gasteiger partial charge on any atom is -0.481 e. The van der Waals surface area contributed by atoms with E-state index in [-0.39, 0.29) is 37.8 Å². The molecule has 1 heterocycles. The van der Waals surface area contributed by atoms with Gasteiger partial charge in [-0.3, -0.25) is 9.59 Å². The van der Waals surface area contributed by atoms with Crippen molar-refractivity contribution in [1.82, 2.24) is 4.90 Å². The minimum atomic E-state index is -4.42. The van der Waals surface area contributed by atoms with Crippen molar-refractivity contribution in [3.05, 3.63) is 35.4 Å². The molecule has 0 bridgehead atoms. The fraction of sp³-hybridized carbons (Fsp3) is 0.529. The van der Waals surface area contributed by atoms with E-state index in [0.717, 1.165) is 12.1 Å². The van der Waals surface area contributed by atoms with Crippen LogP contribution in [0.15, 0.2) is 24.3 Å². The molecule has 8 heteroatoms. The predicted molar refractivity (Wildman–Crippen MR) is 83.0 cm³/mol. The van der Waals surface area contributed by atoms with Crippen molar-refractivity contribution in [2.24, 2.45) is 0 Å². The molecule has 1 N–H and O–H groups in total. The van der Waals surface area contributed by atoms with Crippen molar-refractivity contribution in [3.8, 4) is 0 Å². The maximum absolute atomic E-state index is 12.8. The van der Waals surface area contributed by atoms with Gasteiger partial charge in [0.25, 0.3) is 0 Å². The second-order valence-electron chi connectivity index (χ2n) is 6.16. The normalized spacial score (nSPS) is 19.5. The molecule has 1 aliphatic heterocycles. The molecule has 2 unspecified atom stereocenters. The van der Waals surface area contributed by atoms with Gasteiger partial charge in [0, 0.05) is 19.5 Å². The summed E-state index contributed by atoms with van der Waals surface area (Å²) < 4.78 is 43.7. The van der Waals surface area contributed by atoms with Gasteiger partial charge in [-0.15, -0.1) is 0 Å². The lowest BCUT2D eigenvalue weighted by molar-refractivity contribution is -0.147. The maximum Gasteiger partial charge on any atom is 0.416 e. The van der Waals surface area contributed by atoms with Crippen molar-refractivity contribution < 1.29 is 32.6 Å². The lowest BCUT2D eigenvalue weighted by Crippen LogP contribution is -2.46. The zero-order chi connectivity index (χ0) is 18.6. The van der Waals surface area contributed by atoms with Gasteiger partial charge in [-0.25, -0.2) is 0 Å². The Morgan fingerprint density at radius 2 is 2.12 bits per heavy atom. The van der Waals surface area contributed by atoms with Crippen molar-refractivity contribution in [2.45, 2.75) is 38.0 Å². The standard InChI is InChI=1S/C17H20F3NO4/c1-11(12-3-2-4-13(8-12)17(18,19)20)7-15(22)21-5-6-25-14(10-21)9-16(23)24/h2-4,8,11,14H,5-7,9-10H2,1H3,(H,23,24). The van der Waals surface area contributed by atoms with Gasteiger partial charge in [-0.1, -0.05) is 25.1 Å². The first-order valence-corrected chi connectivity index (χ1v) is 7.95. The van der Waals surface area contributed by atoms with E-state index in [0.29, 0.717) is 12.1 Å². The average Bonchev–Trinajstić information content (AvgIpc) is 2.53. The Morgan fingerprint density at radius 3 is 2.76 bits per heavy atom. The molecular formula is C17H20F3NO4. The number of hydrogen-bond donors (Lipinski definition) is 1. The molecule has 25 heavy (non-hydrogen) atoms. The molecule has 2 atom stereocenters. The summed E-state index contributed by atoms with van der Waals surface area (Å²) in [4.78, 5) is 24.7. The molecule has 0 aliphatic carbocycles. The van der Waals surface area contributed by atoms with Gasteiger partial charge in [-0.05, 0) is 17.5 Å². The van der Waals surface area contributed by atoms with Crippen molar-refractivity contribution in [3.63, 3.8) is 0 Å². The van der Waals surface area contributed by atoms with Crippen LogP contribution in [0.1, 0.15) is 36.8 Å². The first-order valence-electron chi connectivity index (χ1n) is 7.95. The van der Waals surface area contributed by atoms with Gasteiger partial charge in [0.05, 0.1) is 24.7 Å². The van der Waals surface area contributed by atoms with E-state index in [1.807, 2.05) is 0 Å². The van der Waals surface area contributed by atoms with Crippen LogP contribution in [-0.4, -0.2) is 47.7 Å². The number of benzene rings is 1. The number of hydrogen-bond acceptors (Lipinski definition) is 3. The fourth-order valence-electron chi connectivity index (χ4n) is 2.79. The molecule has 138 valence electrons. The highest BCUT2D eigenvalue weighted by molar-refractivity contribution is 5.77. The fourth-order valence-corrected chi connectivity index (χ4v) is 2.79. The largest absolute Gasteiger partial charge is 0.481 e. The third-order valence-corrected chi connectivity index (χ3v) is 4.16. The Kier molecular flexibility index (Phi) is 6.05. The highest BCUT2D eigenvalue weighted by Crippen LogP contribution is 2.32. The van der Waals surface area contributed by atoms with E-state index >= 15 is 0 Å². The van der Waals surface area contributed by atoms with Crippen LogP contribution in [0.5, 0.6) is 0 Å². The highest BCUT2D eigenvalue weighted by atomic mass is 19.4. The Balaban J connectivity index is 1.99. The molecule has 2 rings (SSSR count). The van der Waals surface area contributed by atoms with Crippen molar-refractivity contribution in [2.75, 3.05) is 19.7 Å². The minimum absolute atomic E-state index is 0.0566. The first-order chi connectivity index (χ1) is 11.7. The number of aliphatic carboxylic acids is 1. The Hall–Kier alpha value is -2.09. The number of rotatable bonds is 5. The molecule has 1 amide bonds. The van der Waals surface area contributed by atoms with Crippen LogP contribution in [0.25, 0.3) is 0 Å². The number of carboxylic acids is 1. The van der Waals surface area contributed by atoms with Crippen LogP contribution in [0, 0.1) is 0 Å². The van der Waals surface area contributed by atoms with E-state index < -0.39 is 23.8 Å². The molecular weight excluding hydrogens is 339 g/mol. The molecule has 1 aromatic rings. The summed E-state index contributed by atoms with van der Waals surface area (Å²) in [5, 5.41) is 8.80. The smallest absolute Gasteiger partial charge is 0.416 e. The van der Waals surface area contributed by atoms with Crippen LogP contribution in [-0.2, 0) is 20.5 Å². The highest BCUT2D eigenvalue weighted by Gasteiger charge is 2.31. The van der Waals surface area contributed by atoms with Crippen LogP contribution < -0.4 is 0 Å². The second-order valence-corrected chi connectivity index (χ2v) is 6.16. The summed E-state index contributed by atoms with van der Waals surface area (Å²) in [6, 6.07) is 4.96. The first kappa shape index (κ1) is 19.2. The van der Waals surface area contributed by atoms with Gasteiger partial charge < -0.3 is 14.7 Å². The number of ether oxygens (including phenoxy) is 1. The van der Waals surface area contributed by atoms with E-state index in [4.69, 9.17) is 9.84 Å². The number of halogens is 3. The lowest BCUT2D eigenvalue weighted by Gasteiger charge is -2.33. The van der Waals surface area contributed by atoms with Crippen LogP contribution in [0.2, 0.25) is 0 Å². The Labute approximate surface area is 143 Å². The summed E-state index contributed by atoms with van der Waals surface area (Å²) in [6.45, 7) is 2.48. The van der Waals surface area contributed by atoms with Gasteiger partial charge >= 0.3 is 12.1 Å². The van der Waals surface area contributed by atoms with E-state index in [1.54, 1.807) is 13.0 Å². The van der Waals surface area contributed by atoms with Gasteiger partial charge in [0.15, 0.2) is 0 Å². The van der Waals surface area contributed by atoms with Gasteiger partial charge in [0.1, 0.15) is 0 Å². The molecule has 1 aliphatic rings. The molecule has 1 fully saturated rings. The third-order valence-electron chi connectivity index (χ3n) is 4.16. The number of nitrogens with zero attached hydrogens (tertiary/aromatic N) is 1. The second kappa shape index (κ2) is 7.86. The summed E-state index contributed by atoms with van der Waals surface area (Å²) >= 11 is 0. The van der Waals surface area contributed by atoms with E-state index in [9.17, 15) is 22.8 Å². The number of carbonyl (C=O) groups is 2. The van der Waals surface area contributed by atoms with Crippen molar-refractivity contribution >= 4 is 11.9 Å². The summed E-state index contributed by atoms with van der Waals surface area (Å²) in [6.07, 6.45) is -5.11. The Morgan fingerprint density at radius 1 is 1.40 bits per heavy atom. The number of carbonyl (C=O) groups excluding carboxylic acids is 1. The monoisotopic (exact) mass is 359 g/mol. The third kappa shape index (κ3) is 5.45. The topological polar surface area (TPSA) is 66.8 Å². The number of amides is 1. The molecule has 0 radical (unpaired) electrons. The molecule has 0 spiro atoms. The lowest BCUT2D eigenvalue weighted by atomic mass is 9.95. The summed E-state index contributed by atoms with van der Waals surface area (Å²) in [5.41, 5.74) is -0.296. The summed E-state index contributed by atoms with van der Waals surface area (Å²) in [7, 11) is 0. The SMILES string of the molecule is CC(CC(=O)N1CCOC(CC(=O)O)C1)c1cccc(C(F)(F)F)c1. The van der Waals surface area contributed by atoms with Gasteiger partial charge in [0.2, 0.25) is 5.91 Å². The molecule has 0 saturated carbocycles. The molecule has 1 saturated heterocycles. The zero-order valence-electron chi connectivity index (χ0n) is 13.8. The number of carboxylic acid groups (broad SMARTS) is 1. The molecule has 1 aromatic carbocycles. The zero-order valence-corrected chi connectivity index (χ0v) is 13.8. The van der Waals surface area contributed by atoms with Crippen LogP contribution in [0.4, 0.5) is 13.2 Å². The van der Waals surface area contributed by atoms with Crippen molar-refractivity contribution in [1.29, 1.82) is 0 Å². The molecule has 0 aromatic heterocycles. The molecule has 5 nitrogen and oxygen atoms in total. The van der Waals surface area contributed by atoms with Gasteiger partial charge in [-0.2, -0.15) is 13.2 Å². The quantitative estimate of drug-likeness (QED) is 0.878. The number of alkyl halides is 3. The maximum atomic E-state index is 12.8. The average molecular weight is 359 g/mol. The van der Waals surface area contributed by atoms with E-state index in [1.165, 1.54) is 11.0 Å². The van der Waals surface area contributed by atoms with Crippen LogP contribution in [0.3, 0.4) is 0 Å². The Bertz CT molecular complexity index is 633.